The molecular formula is C19H21F4N5O2. The predicted molar refractivity (Wildman–Crippen MR) is 103 cm³/mol. The molecule has 3 rings (SSSR count). The molecule has 0 unspecified atom stereocenters. The number of hydrogen-bond donors (Lipinski definition) is 2. The van der Waals surface area contributed by atoms with E-state index in [0.717, 1.165) is 12.8 Å². The summed E-state index contributed by atoms with van der Waals surface area (Å²) in [5.41, 5.74) is 0.181. The number of likely N-dealkylation sites (tertiary alicyclic amines) is 1. The summed E-state index contributed by atoms with van der Waals surface area (Å²) in [5, 5.41) is 5.12. The number of nitrogens with one attached hydrogen (secondary N) is 2. The first kappa shape index (κ1) is 21.6. The highest BCUT2D eigenvalue weighted by Gasteiger charge is 2.35. The zero-order chi connectivity index (χ0) is 21.9. The third kappa shape index (κ3) is 4.55. The molecule has 1 amide bonds. The minimum atomic E-state index is -4.62. The van der Waals surface area contributed by atoms with Crippen molar-refractivity contribution < 1.29 is 27.1 Å². The second-order valence-corrected chi connectivity index (χ2v) is 6.74. The Kier molecular flexibility index (Phi) is 6.28. The van der Waals surface area contributed by atoms with Gasteiger partial charge in [-0.3, -0.25) is 4.79 Å². The summed E-state index contributed by atoms with van der Waals surface area (Å²) in [5.74, 6) is -0.705. The monoisotopic (exact) mass is 427 g/mol. The Morgan fingerprint density at radius 2 is 1.97 bits per heavy atom. The quantitative estimate of drug-likeness (QED) is 0.675. The Labute approximate surface area is 170 Å². The van der Waals surface area contributed by atoms with Crippen molar-refractivity contribution in [2.75, 3.05) is 37.6 Å². The van der Waals surface area contributed by atoms with Gasteiger partial charge in [0.05, 0.1) is 5.69 Å². The maximum Gasteiger partial charge on any atom is 0.421 e. The van der Waals surface area contributed by atoms with E-state index >= 15 is 0 Å². The van der Waals surface area contributed by atoms with E-state index in [4.69, 9.17) is 4.74 Å². The average Bonchev–Trinajstić information content (AvgIpc) is 3.23. The maximum atomic E-state index is 13.0. The third-order valence-electron chi connectivity index (χ3n) is 4.74. The number of hydrogen-bond acceptors (Lipinski definition) is 6. The highest BCUT2D eigenvalue weighted by molar-refractivity contribution is 5.97. The Hall–Kier alpha value is -3.11. The van der Waals surface area contributed by atoms with Crippen molar-refractivity contribution >= 4 is 23.4 Å². The summed E-state index contributed by atoms with van der Waals surface area (Å²) in [7, 11) is 1.31. The number of aromatic nitrogens is 2. The second kappa shape index (κ2) is 8.72. The summed E-state index contributed by atoms with van der Waals surface area (Å²) < 4.78 is 57.0. The van der Waals surface area contributed by atoms with Crippen molar-refractivity contribution in [3.63, 3.8) is 0 Å². The van der Waals surface area contributed by atoms with Crippen LogP contribution < -0.4 is 15.4 Å². The molecule has 0 saturated carbocycles. The van der Waals surface area contributed by atoms with E-state index in [9.17, 15) is 22.4 Å². The van der Waals surface area contributed by atoms with Crippen molar-refractivity contribution in [3.05, 3.63) is 35.0 Å². The van der Waals surface area contributed by atoms with Gasteiger partial charge in [-0.2, -0.15) is 18.2 Å². The number of alkyl halides is 4. The Bertz CT molecular complexity index is 930. The Morgan fingerprint density at radius 3 is 2.57 bits per heavy atom. The molecule has 1 fully saturated rings. The molecule has 1 saturated heterocycles. The lowest BCUT2D eigenvalue weighted by molar-refractivity contribution is -0.137. The van der Waals surface area contributed by atoms with Crippen LogP contribution in [0.3, 0.4) is 0 Å². The van der Waals surface area contributed by atoms with Gasteiger partial charge < -0.3 is 20.3 Å². The lowest BCUT2D eigenvalue weighted by Crippen LogP contribution is -2.28. The number of halogens is 4. The molecule has 1 aromatic heterocycles. The number of anilines is 3. The van der Waals surface area contributed by atoms with Crippen LogP contribution in [0.2, 0.25) is 0 Å². The van der Waals surface area contributed by atoms with Crippen LogP contribution in [0.5, 0.6) is 5.75 Å². The van der Waals surface area contributed by atoms with Crippen molar-refractivity contribution in [1.29, 1.82) is 0 Å². The van der Waals surface area contributed by atoms with Crippen LogP contribution in [0, 0.1) is 6.92 Å². The lowest BCUT2D eigenvalue weighted by atomic mass is 10.1. The average molecular weight is 427 g/mol. The van der Waals surface area contributed by atoms with Crippen LogP contribution in [0.25, 0.3) is 0 Å². The summed E-state index contributed by atoms with van der Waals surface area (Å²) in [4.78, 5) is 22.0. The maximum absolute atomic E-state index is 13.0. The molecule has 0 radical (unpaired) electrons. The van der Waals surface area contributed by atoms with E-state index in [1.165, 1.54) is 13.1 Å². The van der Waals surface area contributed by atoms with Crippen molar-refractivity contribution in [2.24, 2.45) is 0 Å². The second-order valence-electron chi connectivity index (χ2n) is 6.74. The Morgan fingerprint density at radius 1 is 1.27 bits per heavy atom. The molecule has 0 spiro atoms. The number of carbonyl (C=O) groups is 1. The molecule has 0 aliphatic carbocycles. The van der Waals surface area contributed by atoms with Gasteiger partial charge in [-0.25, -0.2) is 9.37 Å². The smallest absolute Gasteiger partial charge is 0.421 e. The van der Waals surface area contributed by atoms with Crippen molar-refractivity contribution in [2.45, 2.75) is 25.9 Å². The van der Waals surface area contributed by atoms with Gasteiger partial charge >= 0.3 is 6.18 Å². The minimum Gasteiger partial charge on any atom is -0.461 e. The van der Waals surface area contributed by atoms with Crippen LogP contribution >= 0.6 is 0 Å². The number of carbonyl (C=O) groups excluding carboxylic acids is 1. The standard InChI is InChI=1S/C19H21F4N5O2/c1-11-7-14(26-18-25-9-13(19(21,22)23)16(24-2)27-18)15(30-10-20)8-12(11)17(29)28-5-3-4-6-28/h7-9H,3-6,10H2,1-2H3,(H2,24,25,26,27). The molecule has 0 bridgehead atoms. The highest BCUT2D eigenvalue weighted by Crippen LogP contribution is 2.35. The Balaban J connectivity index is 1.94. The number of amides is 1. The molecule has 0 atom stereocenters. The number of benzene rings is 1. The van der Waals surface area contributed by atoms with Crippen molar-refractivity contribution in [1.82, 2.24) is 14.9 Å². The van der Waals surface area contributed by atoms with E-state index in [1.807, 2.05) is 0 Å². The number of ether oxygens (including phenoxy) is 1. The van der Waals surface area contributed by atoms with Gasteiger partial charge in [-0.15, -0.1) is 0 Å². The van der Waals surface area contributed by atoms with Gasteiger partial charge in [0.2, 0.25) is 12.8 Å². The van der Waals surface area contributed by atoms with Crippen LogP contribution in [-0.4, -0.2) is 47.8 Å². The molecule has 2 aromatic rings. The summed E-state index contributed by atoms with van der Waals surface area (Å²) >= 11 is 0. The van der Waals surface area contributed by atoms with Gasteiger partial charge in [-0.05, 0) is 37.5 Å². The fourth-order valence-corrected chi connectivity index (χ4v) is 3.25. The largest absolute Gasteiger partial charge is 0.461 e. The first-order valence-electron chi connectivity index (χ1n) is 9.26. The number of aryl methyl sites for hydroxylation is 1. The van der Waals surface area contributed by atoms with Crippen LogP contribution in [0.15, 0.2) is 18.3 Å². The predicted octanol–water partition coefficient (Wildman–Crippen LogP) is 4.13. The van der Waals surface area contributed by atoms with Crippen molar-refractivity contribution in [3.8, 4) is 5.75 Å². The minimum absolute atomic E-state index is 0.0279. The summed E-state index contributed by atoms with van der Waals surface area (Å²) in [6.07, 6.45) is -2.11. The van der Waals surface area contributed by atoms with Gasteiger partial charge in [-0.1, -0.05) is 0 Å². The molecule has 1 aliphatic rings. The van der Waals surface area contributed by atoms with Gasteiger partial charge in [0.15, 0.2) is 0 Å². The zero-order valence-electron chi connectivity index (χ0n) is 16.4. The first-order valence-corrected chi connectivity index (χ1v) is 9.26. The summed E-state index contributed by atoms with van der Waals surface area (Å²) in [6.45, 7) is 1.87. The fourth-order valence-electron chi connectivity index (χ4n) is 3.25. The van der Waals surface area contributed by atoms with E-state index in [0.29, 0.717) is 30.4 Å². The van der Waals surface area contributed by atoms with Gasteiger partial charge in [0, 0.05) is 31.9 Å². The molecule has 162 valence electrons. The van der Waals surface area contributed by atoms with E-state index in [-0.39, 0.29) is 23.3 Å². The van der Waals surface area contributed by atoms with E-state index in [1.54, 1.807) is 17.9 Å². The first-order chi connectivity index (χ1) is 14.2. The number of nitrogens with zero attached hydrogens (tertiary/aromatic N) is 3. The van der Waals surface area contributed by atoms with E-state index < -0.39 is 24.4 Å². The molecule has 1 aliphatic heterocycles. The van der Waals surface area contributed by atoms with Crippen LogP contribution in [-0.2, 0) is 6.18 Å². The molecule has 1 aromatic carbocycles. The molecule has 2 N–H and O–H groups in total. The lowest BCUT2D eigenvalue weighted by Gasteiger charge is -2.19. The number of rotatable bonds is 6. The molecule has 30 heavy (non-hydrogen) atoms. The van der Waals surface area contributed by atoms with Gasteiger partial charge in [0.25, 0.3) is 5.91 Å². The normalized spacial score (nSPS) is 14.0. The highest BCUT2D eigenvalue weighted by atomic mass is 19.4. The van der Waals surface area contributed by atoms with Crippen LogP contribution in [0.1, 0.15) is 34.3 Å². The summed E-state index contributed by atoms with van der Waals surface area (Å²) in [6, 6.07) is 2.97. The molecular weight excluding hydrogens is 406 g/mol. The third-order valence-corrected chi connectivity index (χ3v) is 4.74. The molecule has 2 heterocycles. The molecule has 11 heteroatoms. The fraction of sp³-hybridized carbons (Fsp3) is 0.421. The van der Waals surface area contributed by atoms with E-state index in [2.05, 4.69) is 20.6 Å². The topological polar surface area (TPSA) is 79.4 Å². The van der Waals surface area contributed by atoms with Gasteiger partial charge in [0.1, 0.15) is 17.1 Å². The van der Waals surface area contributed by atoms with Crippen LogP contribution in [0.4, 0.5) is 35.0 Å². The zero-order valence-corrected chi connectivity index (χ0v) is 16.4. The molecule has 7 nitrogen and oxygen atoms in total. The SMILES string of the molecule is CNc1nc(Nc2cc(C)c(C(=O)N3CCCC3)cc2OCF)ncc1C(F)(F)F.